The first-order chi connectivity index (χ1) is 6.63. The molecule has 0 fully saturated rings. The van der Waals surface area contributed by atoms with Gasteiger partial charge in [0.2, 0.25) is 0 Å². The monoisotopic (exact) mass is 214 g/mol. The van der Waals surface area contributed by atoms with Gasteiger partial charge in [-0.2, -0.15) is 0 Å². The van der Waals surface area contributed by atoms with Crippen LogP contribution in [0.3, 0.4) is 0 Å². The molecular weight excluding hydrogens is 192 g/mol. The van der Waals surface area contributed by atoms with Crippen LogP contribution in [0, 0.1) is 11.8 Å². The minimum atomic E-state index is -0.480. The van der Waals surface area contributed by atoms with E-state index in [0.717, 1.165) is 0 Å². The molecule has 0 aromatic carbocycles. The summed E-state index contributed by atoms with van der Waals surface area (Å²) >= 11 is 0. The van der Waals surface area contributed by atoms with E-state index < -0.39 is 5.60 Å². The number of carbonyl (C=O) groups excluding carboxylic acids is 2. The molecule has 0 amide bonds. The fraction of sp³-hybridized carbons (Fsp3) is 0.833. The fourth-order valence-electron chi connectivity index (χ4n) is 1.02. The van der Waals surface area contributed by atoms with E-state index in [1.54, 1.807) is 6.92 Å². The molecule has 0 bridgehead atoms. The van der Waals surface area contributed by atoms with Gasteiger partial charge in [-0.15, -0.1) is 0 Å². The molecule has 0 spiro atoms. The Morgan fingerprint density at radius 2 is 1.60 bits per heavy atom. The zero-order valence-corrected chi connectivity index (χ0v) is 10.6. The zero-order chi connectivity index (χ0) is 12.2. The first-order valence-corrected chi connectivity index (χ1v) is 5.39. The van der Waals surface area contributed by atoms with Crippen molar-refractivity contribution in [3.8, 4) is 0 Å². The average molecular weight is 214 g/mol. The first-order valence-electron chi connectivity index (χ1n) is 5.39. The molecule has 0 N–H and O–H groups in total. The summed E-state index contributed by atoms with van der Waals surface area (Å²) in [7, 11) is 0. The van der Waals surface area contributed by atoms with E-state index in [1.165, 1.54) is 0 Å². The van der Waals surface area contributed by atoms with Gasteiger partial charge in [-0.05, 0) is 20.8 Å². The second kappa shape index (κ2) is 5.29. The van der Waals surface area contributed by atoms with Crippen LogP contribution in [0.2, 0.25) is 0 Å². The van der Waals surface area contributed by atoms with Crippen LogP contribution in [0.5, 0.6) is 0 Å². The molecule has 3 heteroatoms. The molecule has 0 aliphatic rings. The summed E-state index contributed by atoms with van der Waals surface area (Å²) in [5, 5.41) is 0. The molecule has 0 aromatic heterocycles. The third-order valence-electron chi connectivity index (χ3n) is 1.96. The molecule has 0 aliphatic heterocycles. The largest absolute Gasteiger partial charge is 0.460 e. The lowest BCUT2D eigenvalue weighted by Crippen LogP contribution is -2.29. The van der Waals surface area contributed by atoms with Gasteiger partial charge in [0.1, 0.15) is 11.4 Å². The van der Waals surface area contributed by atoms with Gasteiger partial charge >= 0.3 is 5.97 Å². The van der Waals surface area contributed by atoms with E-state index in [4.69, 9.17) is 4.74 Å². The van der Waals surface area contributed by atoms with Gasteiger partial charge in [-0.3, -0.25) is 9.59 Å². The number of Topliss-reactive ketones (excluding diaryl/α,β-unsaturated/α-hetero) is 1. The highest BCUT2D eigenvalue weighted by atomic mass is 16.6. The predicted molar refractivity (Wildman–Crippen MR) is 59.5 cm³/mol. The molecule has 0 heterocycles. The van der Waals surface area contributed by atoms with E-state index in [9.17, 15) is 9.59 Å². The molecule has 0 radical (unpaired) electrons. The topological polar surface area (TPSA) is 43.4 Å². The van der Waals surface area contributed by atoms with Crippen molar-refractivity contribution < 1.29 is 14.3 Å². The van der Waals surface area contributed by atoms with Gasteiger partial charge in [0.25, 0.3) is 0 Å². The van der Waals surface area contributed by atoms with Gasteiger partial charge in [0, 0.05) is 12.3 Å². The van der Waals surface area contributed by atoms with Crippen LogP contribution < -0.4 is 0 Å². The van der Waals surface area contributed by atoms with E-state index in [2.05, 4.69) is 0 Å². The lowest BCUT2D eigenvalue weighted by Gasteiger charge is -2.22. The predicted octanol–water partition coefficient (Wildman–Crippen LogP) is 2.58. The number of carbonyl (C=O) groups is 2. The van der Waals surface area contributed by atoms with Crippen LogP contribution >= 0.6 is 0 Å². The standard InChI is InChI=1S/C12H22O3/c1-8(2)10(13)7-9(3)11(14)15-12(4,5)6/h8-9H,7H2,1-6H3/t9-/m1/s1. The molecule has 0 aromatic rings. The van der Waals surface area contributed by atoms with Crippen molar-refractivity contribution in [1.82, 2.24) is 0 Å². The second-order valence-electron chi connectivity index (χ2n) is 5.26. The smallest absolute Gasteiger partial charge is 0.309 e. The first kappa shape index (κ1) is 14.1. The molecule has 0 aliphatic carbocycles. The Hall–Kier alpha value is -0.860. The van der Waals surface area contributed by atoms with Gasteiger partial charge in [0.15, 0.2) is 0 Å². The summed E-state index contributed by atoms with van der Waals surface area (Å²) in [6, 6.07) is 0. The van der Waals surface area contributed by atoms with Crippen LogP contribution in [0.4, 0.5) is 0 Å². The summed E-state index contributed by atoms with van der Waals surface area (Å²) in [4.78, 5) is 23.0. The third-order valence-corrected chi connectivity index (χ3v) is 1.96. The minimum absolute atomic E-state index is 0.0186. The fourth-order valence-corrected chi connectivity index (χ4v) is 1.02. The van der Waals surface area contributed by atoms with E-state index in [-0.39, 0.29) is 30.0 Å². The van der Waals surface area contributed by atoms with Crippen LogP contribution in [0.1, 0.15) is 48.0 Å². The van der Waals surface area contributed by atoms with Crippen molar-refractivity contribution in [2.75, 3.05) is 0 Å². The summed E-state index contributed by atoms with van der Waals surface area (Å²) in [6.07, 6.45) is 0.270. The number of esters is 1. The molecule has 0 saturated carbocycles. The summed E-state index contributed by atoms with van der Waals surface area (Å²) in [6.45, 7) is 10.9. The summed E-state index contributed by atoms with van der Waals surface area (Å²) in [5.74, 6) is -0.557. The SMILES string of the molecule is CC(C)C(=O)C[C@@H](C)C(=O)OC(C)(C)C. The van der Waals surface area contributed by atoms with Crippen molar-refractivity contribution >= 4 is 11.8 Å². The molecule has 1 atom stereocenters. The Morgan fingerprint density at radius 1 is 1.13 bits per heavy atom. The molecule has 0 saturated heterocycles. The van der Waals surface area contributed by atoms with E-state index in [1.807, 2.05) is 34.6 Å². The maximum Gasteiger partial charge on any atom is 0.309 e. The molecule has 3 nitrogen and oxygen atoms in total. The number of ether oxygens (including phenoxy) is 1. The van der Waals surface area contributed by atoms with Crippen molar-refractivity contribution in [3.05, 3.63) is 0 Å². The average Bonchev–Trinajstić information content (AvgIpc) is 2.00. The van der Waals surface area contributed by atoms with Gasteiger partial charge < -0.3 is 4.74 Å². The molecular formula is C12H22O3. The highest BCUT2D eigenvalue weighted by molar-refractivity contribution is 5.85. The maximum absolute atomic E-state index is 11.5. The number of ketones is 1. The van der Waals surface area contributed by atoms with Crippen LogP contribution in [-0.4, -0.2) is 17.4 Å². The highest BCUT2D eigenvalue weighted by Crippen LogP contribution is 2.15. The Kier molecular flexibility index (Phi) is 4.98. The van der Waals surface area contributed by atoms with Crippen LogP contribution in [-0.2, 0) is 14.3 Å². The molecule has 15 heavy (non-hydrogen) atoms. The van der Waals surface area contributed by atoms with Gasteiger partial charge in [0.05, 0.1) is 5.92 Å². The maximum atomic E-state index is 11.5. The third kappa shape index (κ3) is 6.26. The van der Waals surface area contributed by atoms with Gasteiger partial charge in [-0.1, -0.05) is 20.8 Å². The van der Waals surface area contributed by atoms with Crippen molar-refractivity contribution in [2.45, 2.75) is 53.6 Å². The number of rotatable bonds is 4. The van der Waals surface area contributed by atoms with Crippen molar-refractivity contribution in [2.24, 2.45) is 11.8 Å². The quantitative estimate of drug-likeness (QED) is 0.675. The molecule has 88 valence electrons. The summed E-state index contributed by atoms with van der Waals surface area (Å²) in [5.41, 5.74) is -0.480. The number of hydrogen-bond acceptors (Lipinski definition) is 3. The Labute approximate surface area is 92.2 Å². The molecule has 0 unspecified atom stereocenters. The highest BCUT2D eigenvalue weighted by Gasteiger charge is 2.24. The lowest BCUT2D eigenvalue weighted by molar-refractivity contribution is -0.160. The minimum Gasteiger partial charge on any atom is -0.460 e. The lowest BCUT2D eigenvalue weighted by atomic mass is 9.98. The van der Waals surface area contributed by atoms with Crippen molar-refractivity contribution in [3.63, 3.8) is 0 Å². The van der Waals surface area contributed by atoms with Crippen LogP contribution in [0.15, 0.2) is 0 Å². The Balaban J connectivity index is 4.17. The van der Waals surface area contributed by atoms with E-state index in [0.29, 0.717) is 0 Å². The Bertz CT molecular complexity index is 236. The second-order valence-corrected chi connectivity index (χ2v) is 5.26. The normalized spacial score (nSPS) is 13.8. The number of hydrogen-bond donors (Lipinski definition) is 0. The van der Waals surface area contributed by atoms with Crippen LogP contribution in [0.25, 0.3) is 0 Å². The summed E-state index contributed by atoms with van der Waals surface area (Å²) < 4.78 is 5.19. The van der Waals surface area contributed by atoms with Gasteiger partial charge in [-0.25, -0.2) is 0 Å². The zero-order valence-electron chi connectivity index (χ0n) is 10.6. The Morgan fingerprint density at radius 3 is 1.93 bits per heavy atom. The molecule has 0 rings (SSSR count). The van der Waals surface area contributed by atoms with E-state index >= 15 is 0 Å². The van der Waals surface area contributed by atoms with Crippen molar-refractivity contribution in [1.29, 1.82) is 0 Å².